The summed E-state index contributed by atoms with van der Waals surface area (Å²) in [4.78, 5) is 15.3. The minimum absolute atomic E-state index is 0.0250. The fourth-order valence-electron chi connectivity index (χ4n) is 2.92. The number of esters is 1. The Labute approximate surface area is 183 Å². The van der Waals surface area contributed by atoms with Crippen LogP contribution in [-0.4, -0.2) is 38.7 Å². The van der Waals surface area contributed by atoms with Gasteiger partial charge in [0, 0.05) is 17.3 Å². The number of sulfone groups is 1. The third-order valence-electron chi connectivity index (χ3n) is 4.47. The second-order valence-electron chi connectivity index (χ2n) is 6.43. The number of carbonyl (C=O) groups excluding carboxylic acids is 1. The van der Waals surface area contributed by atoms with Crippen molar-refractivity contribution in [2.75, 3.05) is 14.2 Å². The second kappa shape index (κ2) is 8.91. The third kappa shape index (κ3) is 4.62. The van der Waals surface area contributed by atoms with Gasteiger partial charge in [0.1, 0.15) is 16.5 Å². The van der Waals surface area contributed by atoms with Crippen LogP contribution in [0.15, 0.2) is 53.6 Å². The van der Waals surface area contributed by atoms with Crippen molar-refractivity contribution < 1.29 is 32.2 Å². The standard InChI is InChI=1S/C21H17ClFNO6S/c1-29-18-5-3-4-14(19(18)23)16-9-13(10-24-20(16)22)31(27,28)11-12-6-7-15(17(25)8-12)21(26)30-2/h3-10,25H,11H2,1-2H3. The number of aromatic hydroxyl groups is 1. The SMILES string of the molecule is COC(=O)c1ccc(CS(=O)(=O)c2cnc(Cl)c(-c3cccc(OC)c3F)c2)cc1O. The van der Waals surface area contributed by atoms with Crippen LogP contribution in [0.3, 0.4) is 0 Å². The molecule has 1 heterocycles. The molecular weight excluding hydrogens is 449 g/mol. The van der Waals surface area contributed by atoms with E-state index in [9.17, 15) is 22.7 Å². The molecule has 162 valence electrons. The zero-order valence-corrected chi connectivity index (χ0v) is 18.0. The first-order valence-corrected chi connectivity index (χ1v) is 10.8. The predicted molar refractivity (Wildman–Crippen MR) is 112 cm³/mol. The number of aromatic nitrogens is 1. The number of nitrogens with zero attached hydrogens (tertiary/aromatic N) is 1. The first-order chi connectivity index (χ1) is 14.7. The van der Waals surface area contributed by atoms with Gasteiger partial charge in [-0.15, -0.1) is 0 Å². The highest BCUT2D eigenvalue weighted by atomic mass is 35.5. The lowest BCUT2D eigenvalue weighted by Crippen LogP contribution is -2.07. The maximum absolute atomic E-state index is 14.7. The number of phenols is 1. The molecule has 0 bridgehead atoms. The van der Waals surface area contributed by atoms with Crippen molar-refractivity contribution >= 4 is 27.4 Å². The van der Waals surface area contributed by atoms with Gasteiger partial charge in [0.15, 0.2) is 21.4 Å². The quantitative estimate of drug-likeness (QED) is 0.433. The minimum Gasteiger partial charge on any atom is -0.507 e. The number of benzene rings is 2. The molecule has 0 unspecified atom stereocenters. The van der Waals surface area contributed by atoms with Crippen LogP contribution in [0.25, 0.3) is 11.1 Å². The molecule has 0 spiro atoms. The van der Waals surface area contributed by atoms with Crippen molar-refractivity contribution in [2.24, 2.45) is 0 Å². The highest BCUT2D eigenvalue weighted by Gasteiger charge is 2.22. The number of hydrogen-bond acceptors (Lipinski definition) is 7. The van der Waals surface area contributed by atoms with Crippen LogP contribution in [0.2, 0.25) is 5.15 Å². The molecule has 0 saturated heterocycles. The lowest BCUT2D eigenvalue weighted by molar-refractivity contribution is 0.0597. The van der Waals surface area contributed by atoms with Gasteiger partial charge in [-0.3, -0.25) is 0 Å². The van der Waals surface area contributed by atoms with E-state index in [1.54, 1.807) is 6.07 Å². The largest absolute Gasteiger partial charge is 0.507 e. The number of phenolic OH excluding ortho intramolecular Hbond substituents is 1. The summed E-state index contributed by atoms with van der Waals surface area (Å²) in [6, 6.07) is 9.44. The van der Waals surface area contributed by atoms with Crippen molar-refractivity contribution in [1.29, 1.82) is 0 Å². The number of pyridine rings is 1. The van der Waals surface area contributed by atoms with E-state index in [1.807, 2.05) is 0 Å². The molecule has 0 fully saturated rings. The van der Waals surface area contributed by atoms with Gasteiger partial charge in [0.25, 0.3) is 0 Å². The van der Waals surface area contributed by atoms with E-state index in [0.717, 1.165) is 19.4 Å². The van der Waals surface area contributed by atoms with E-state index in [4.69, 9.17) is 16.3 Å². The average molecular weight is 466 g/mol. The molecule has 7 nitrogen and oxygen atoms in total. The van der Waals surface area contributed by atoms with Crippen LogP contribution in [0.1, 0.15) is 15.9 Å². The van der Waals surface area contributed by atoms with Crippen molar-refractivity contribution in [3.8, 4) is 22.6 Å². The summed E-state index contributed by atoms with van der Waals surface area (Å²) in [5, 5.41) is 9.91. The Balaban J connectivity index is 1.99. The van der Waals surface area contributed by atoms with Gasteiger partial charge in [-0.1, -0.05) is 29.8 Å². The number of methoxy groups -OCH3 is 2. The van der Waals surface area contributed by atoms with Crippen molar-refractivity contribution in [3.63, 3.8) is 0 Å². The maximum atomic E-state index is 14.7. The van der Waals surface area contributed by atoms with E-state index in [-0.39, 0.29) is 38.1 Å². The van der Waals surface area contributed by atoms with Crippen molar-refractivity contribution in [1.82, 2.24) is 4.98 Å². The molecule has 0 aliphatic carbocycles. The topological polar surface area (TPSA) is 103 Å². The van der Waals surface area contributed by atoms with Crippen LogP contribution in [0.5, 0.6) is 11.5 Å². The molecule has 0 saturated carbocycles. The van der Waals surface area contributed by atoms with Gasteiger partial charge in [-0.25, -0.2) is 22.6 Å². The Morgan fingerprint density at radius 2 is 1.90 bits per heavy atom. The van der Waals surface area contributed by atoms with Crippen molar-refractivity contribution in [3.05, 3.63) is 70.8 Å². The van der Waals surface area contributed by atoms with Gasteiger partial charge >= 0.3 is 5.97 Å². The zero-order chi connectivity index (χ0) is 22.8. The minimum atomic E-state index is -3.95. The van der Waals surface area contributed by atoms with E-state index in [2.05, 4.69) is 9.72 Å². The number of hydrogen-bond donors (Lipinski definition) is 1. The molecular formula is C21H17ClFNO6S. The molecule has 1 aromatic heterocycles. The van der Waals surface area contributed by atoms with E-state index < -0.39 is 33.1 Å². The highest BCUT2D eigenvalue weighted by molar-refractivity contribution is 7.90. The summed E-state index contributed by atoms with van der Waals surface area (Å²) < 4.78 is 50.0. The number of halogens is 2. The summed E-state index contributed by atoms with van der Waals surface area (Å²) in [5.41, 5.74) is 0.263. The summed E-state index contributed by atoms with van der Waals surface area (Å²) in [6.45, 7) is 0. The lowest BCUT2D eigenvalue weighted by atomic mass is 10.1. The molecule has 0 aliphatic heterocycles. The fourth-order valence-corrected chi connectivity index (χ4v) is 4.42. The second-order valence-corrected chi connectivity index (χ2v) is 8.78. The molecule has 3 aromatic rings. The van der Waals surface area contributed by atoms with Crippen LogP contribution in [-0.2, 0) is 20.3 Å². The van der Waals surface area contributed by atoms with Crippen molar-refractivity contribution in [2.45, 2.75) is 10.6 Å². The van der Waals surface area contributed by atoms with Gasteiger partial charge in [-0.2, -0.15) is 0 Å². The van der Waals surface area contributed by atoms with Crippen LogP contribution >= 0.6 is 11.6 Å². The van der Waals surface area contributed by atoms with E-state index >= 15 is 0 Å². The Bertz CT molecular complexity index is 1260. The Hall–Kier alpha value is -3.17. The number of rotatable bonds is 6. The first-order valence-electron chi connectivity index (χ1n) is 8.79. The predicted octanol–water partition coefficient (Wildman–Crippen LogP) is 4.02. The molecule has 1 N–H and O–H groups in total. The monoisotopic (exact) mass is 465 g/mol. The Kier molecular flexibility index (Phi) is 6.47. The third-order valence-corrected chi connectivity index (χ3v) is 6.43. The highest BCUT2D eigenvalue weighted by Crippen LogP contribution is 2.34. The molecule has 0 amide bonds. The molecule has 10 heteroatoms. The lowest BCUT2D eigenvalue weighted by Gasteiger charge is -2.11. The molecule has 2 aromatic carbocycles. The first kappa shape index (κ1) is 22.5. The molecule has 3 rings (SSSR count). The Morgan fingerprint density at radius 1 is 1.16 bits per heavy atom. The fraction of sp³-hybridized carbons (Fsp3) is 0.143. The molecule has 0 atom stereocenters. The maximum Gasteiger partial charge on any atom is 0.341 e. The van der Waals surface area contributed by atoms with Crippen LogP contribution in [0, 0.1) is 5.82 Å². The summed E-state index contributed by atoms with van der Waals surface area (Å²) in [7, 11) is -1.47. The van der Waals surface area contributed by atoms with Gasteiger partial charge in [0.2, 0.25) is 0 Å². The Morgan fingerprint density at radius 3 is 2.55 bits per heavy atom. The van der Waals surface area contributed by atoms with E-state index in [1.165, 1.54) is 37.4 Å². The summed E-state index contributed by atoms with van der Waals surface area (Å²) in [6.07, 6.45) is 1.07. The van der Waals surface area contributed by atoms with Gasteiger partial charge in [0.05, 0.1) is 24.9 Å². The molecule has 31 heavy (non-hydrogen) atoms. The normalized spacial score (nSPS) is 11.2. The average Bonchev–Trinajstić information content (AvgIpc) is 2.73. The van der Waals surface area contributed by atoms with Crippen LogP contribution in [0.4, 0.5) is 4.39 Å². The molecule has 0 radical (unpaired) electrons. The van der Waals surface area contributed by atoms with Gasteiger partial charge in [-0.05, 0) is 29.8 Å². The smallest absolute Gasteiger partial charge is 0.341 e. The van der Waals surface area contributed by atoms with Gasteiger partial charge < -0.3 is 14.6 Å². The summed E-state index contributed by atoms with van der Waals surface area (Å²) >= 11 is 6.10. The van der Waals surface area contributed by atoms with Crippen LogP contribution < -0.4 is 4.74 Å². The van der Waals surface area contributed by atoms with E-state index in [0.29, 0.717) is 0 Å². The number of carbonyl (C=O) groups is 1. The number of ether oxygens (including phenoxy) is 2. The summed E-state index contributed by atoms with van der Waals surface area (Å²) in [5.74, 6) is -2.38. The zero-order valence-electron chi connectivity index (χ0n) is 16.4. The molecule has 0 aliphatic rings.